The Morgan fingerprint density at radius 2 is 2.00 bits per heavy atom. The summed E-state index contributed by atoms with van der Waals surface area (Å²) in [4.78, 5) is 4.31. The van der Waals surface area contributed by atoms with Gasteiger partial charge < -0.3 is 13.9 Å². The topological polar surface area (TPSA) is 57.8 Å². The molecule has 3 heterocycles. The third-order valence-electron chi connectivity index (χ3n) is 6.02. The average molecular weight is 426 g/mol. The van der Waals surface area contributed by atoms with E-state index >= 15 is 0 Å². The van der Waals surface area contributed by atoms with E-state index in [1.165, 1.54) is 5.56 Å². The van der Waals surface area contributed by atoms with Gasteiger partial charge in [-0.15, -0.1) is 10.2 Å². The molecule has 1 atom stereocenters. The van der Waals surface area contributed by atoms with Crippen LogP contribution in [0.4, 0.5) is 0 Å². The molecule has 2 aromatic heterocycles. The molecule has 32 heavy (non-hydrogen) atoms. The van der Waals surface area contributed by atoms with Gasteiger partial charge in [0.1, 0.15) is 17.4 Å². The number of hydrogen-bond donors (Lipinski definition) is 0. The molecule has 4 aromatic rings. The van der Waals surface area contributed by atoms with Crippen LogP contribution in [0, 0.1) is 6.92 Å². The molecule has 5 rings (SSSR count). The summed E-state index contributed by atoms with van der Waals surface area (Å²) in [5, 5.41) is 9.00. The van der Waals surface area contributed by atoms with E-state index in [0.29, 0.717) is 6.04 Å². The number of fused-ring (bicyclic) bond motifs is 1. The van der Waals surface area contributed by atoms with E-state index < -0.39 is 0 Å². The van der Waals surface area contributed by atoms with Gasteiger partial charge in [0.2, 0.25) is 0 Å². The van der Waals surface area contributed by atoms with Crippen LogP contribution in [0.15, 0.2) is 67.1 Å². The van der Waals surface area contributed by atoms with Gasteiger partial charge in [0.15, 0.2) is 0 Å². The molecule has 0 fully saturated rings. The second-order valence-electron chi connectivity index (χ2n) is 8.18. The van der Waals surface area contributed by atoms with Crippen molar-refractivity contribution in [3.05, 3.63) is 95.6 Å². The van der Waals surface area contributed by atoms with Gasteiger partial charge in [0, 0.05) is 19.0 Å². The van der Waals surface area contributed by atoms with Crippen molar-refractivity contribution in [2.75, 3.05) is 7.11 Å². The van der Waals surface area contributed by atoms with Crippen molar-refractivity contribution in [3.8, 4) is 11.4 Å². The highest BCUT2D eigenvalue weighted by molar-refractivity contribution is 5.58. The number of rotatable bonds is 6. The lowest BCUT2D eigenvalue weighted by atomic mass is 9.97. The molecular formula is C26H27N5O. The van der Waals surface area contributed by atoms with Crippen molar-refractivity contribution in [1.82, 2.24) is 24.3 Å². The zero-order chi connectivity index (χ0) is 21.9. The van der Waals surface area contributed by atoms with E-state index in [1.54, 1.807) is 13.4 Å². The standard InChI is InChI=1S/C26H27N5O/c1-19-17-30(18-27-19)23-15-14-20(16-24(23)32-2)8-6-12-25-28-29-26-13-7-11-22(31(25)26)21-9-4-3-5-10-21/h3-6,8-10,14-18,22H,7,11-13H2,1-2H3/t22-/m0/s1. The summed E-state index contributed by atoms with van der Waals surface area (Å²) in [6.45, 7) is 1.98. The molecule has 0 spiro atoms. The summed E-state index contributed by atoms with van der Waals surface area (Å²) in [5.41, 5.74) is 4.36. The molecule has 1 aliphatic rings. The molecule has 0 N–H and O–H groups in total. The van der Waals surface area contributed by atoms with Crippen LogP contribution in [0.25, 0.3) is 11.8 Å². The van der Waals surface area contributed by atoms with Crippen LogP contribution in [0.1, 0.15) is 47.4 Å². The Morgan fingerprint density at radius 1 is 1.12 bits per heavy atom. The first-order valence-electron chi connectivity index (χ1n) is 11.1. The van der Waals surface area contributed by atoms with Crippen molar-refractivity contribution in [2.45, 2.75) is 38.6 Å². The zero-order valence-electron chi connectivity index (χ0n) is 18.5. The molecule has 0 bridgehead atoms. The van der Waals surface area contributed by atoms with Crippen LogP contribution in [0.3, 0.4) is 0 Å². The van der Waals surface area contributed by atoms with Crippen LogP contribution >= 0.6 is 0 Å². The minimum absolute atomic E-state index is 0.316. The van der Waals surface area contributed by atoms with Crippen LogP contribution < -0.4 is 4.74 Å². The summed E-state index contributed by atoms with van der Waals surface area (Å²) >= 11 is 0. The highest BCUT2D eigenvalue weighted by Gasteiger charge is 2.25. The van der Waals surface area contributed by atoms with E-state index in [1.807, 2.05) is 23.8 Å². The van der Waals surface area contributed by atoms with Gasteiger partial charge in [-0.3, -0.25) is 0 Å². The molecule has 6 heteroatoms. The lowest BCUT2D eigenvalue weighted by Crippen LogP contribution is -2.21. The second-order valence-corrected chi connectivity index (χ2v) is 8.18. The number of nitrogens with zero attached hydrogens (tertiary/aromatic N) is 5. The number of aromatic nitrogens is 5. The molecule has 1 aliphatic heterocycles. The van der Waals surface area contributed by atoms with Gasteiger partial charge in [0.05, 0.1) is 30.9 Å². The molecule has 0 unspecified atom stereocenters. The van der Waals surface area contributed by atoms with Crippen molar-refractivity contribution < 1.29 is 4.74 Å². The second kappa shape index (κ2) is 8.83. The Labute approximate surface area is 188 Å². The Balaban J connectivity index is 1.37. The fraction of sp³-hybridized carbons (Fsp3) is 0.269. The number of aryl methyl sites for hydroxylation is 2. The first kappa shape index (κ1) is 20.2. The summed E-state index contributed by atoms with van der Waals surface area (Å²) in [5.74, 6) is 2.92. The quantitative estimate of drug-likeness (QED) is 0.438. The zero-order valence-corrected chi connectivity index (χ0v) is 18.5. The Kier molecular flexibility index (Phi) is 5.58. The molecule has 0 amide bonds. The molecule has 162 valence electrons. The lowest BCUT2D eigenvalue weighted by molar-refractivity contribution is 0.413. The van der Waals surface area contributed by atoms with Crippen molar-refractivity contribution in [2.24, 2.45) is 0 Å². The van der Waals surface area contributed by atoms with E-state index in [-0.39, 0.29) is 0 Å². The number of methoxy groups -OCH3 is 1. The highest BCUT2D eigenvalue weighted by atomic mass is 16.5. The number of ether oxygens (including phenoxy) is 1. The van der Waals surface area contributed by atoms with E-state index in [9.17, 15) is 0 Å². The minimum Gasteiger partial charge on any atom is -0.495 e. The third-order valence-corrected chi connectivity index (χ3v) is 6.02. The van der Waals surface area contributed by atoms with Crippen molar-refractivity contribution in [1.29, 1.82) is 0 Å². The summed E-state index contributed by atoms with van der Waals surface area (Å²) in [6.07, 6.45) is 12.1. The fourth-order valence-corrected chi connectivity index (χ4v) is 4.47. The van der Waals surface area contributed by atoms with Gasteiger partial charge in [0.25, 0.3) is 0 Å². The monoisotopic (exact) mass is 425 g/mol. The van der Waals surface area contributed by atoms with Crippen LogP contribution in [-0.2, 0) is 12.8 Å². The van der Waals surface area contributed by atoms with Gasteiger partial charge in [-0.05, 0) is 43.0 Å². The molecule has 0 saturated carbocycles. The van der Waals surface area contributed by atoms with Gasteiger partial charge >= 0.3 is 0 Å². The largest absolute Gasteiger partial charge is 0.495 e. The normalized spacial score (nSPS) is 15.8. The predicted molar refractivity (Wildman–Crippen MR) is 125 cm³/mol. The number of benzene rings is 2. The van der Waals surface area contributed by atoms with Gasteiger partial charge in [-0.2, -0.15) is 0 Å². The Hall–Kier alpha value is -3.67. The van der Waals surface area contributed by atoms with E-state index in [2.05, 4.69) is 74.4 Å². The average Bonchev–Trinajstić information content (AvgIpc) is 3.46. The van der Waals surface area contributed by atoms with Gasteiger partial charge in [-0.25, -0.2) is 4.98 Å². The van der Waals surface area contributed by atoms with E-state index in [4.69, 9.17) is 4.74 Å². The molecule has 0 saturated heterocycles. The predicted octanol–water partition coefficient (Wildman–Crippen LogP) is 4.96. The van der Waals surface area contributed by atoms with Crippen LogP contribution in [0.2, 0.25) is 0 Å². The first-order chi connectivity index (χ1) is 15.7. The van der Waals surface area contributed by atoms with Gasteiger partial charge in [-0.1, -0.05) is 48.6 Å². The highest BCUT2D eigenvalue weighted by Crippen LogP contribution is 2.31. The van der Waals surface area contributed by atoms with E-state index in [0.717, 1.165) is 60.0 Å². The molecule has 2 aromatic carbocycles. The number of hydrogen-bond acceptors (Lipinski definition) is 4. The number of imidazole rings is 1. The smallest absolute Gasteiger partial charge is 0.143 e. The molecule has 6 nitrogen and oxygen atoms in total. The summed E-state index contributed by atoms with van der Waals surface area (Å²) in [7, 11) is 1.70. The number of allylic oxidation sites excluding steroid dienone is 1. The van der Waals surface area contributed by atoms with Crippen LogP contribution in [-0.4, -0.2) is 31.4 Å². The fourth-order valence-electron chi connectivity index (χ4n) is 4.47. The molecular weight excluding hydrogens is 398 g/mol. The maximum Gasteiger partial charge on any atom is 0.143 e. The Morgan fingerprint density at radius 3 is 2.78 bits per heavy atom. The van der Waals surface area contributed by atoms with Crippen LogP contribution in [0.5, 0.6) is 5.75 Å². The SMILES string of the molecule is COc1cc(C=CCc2nnc3n2[C@H](c2ccccc2)CCC3)ccc1-n1cnc(C)c1. The maximum absolute atomic E-state index is 5.63. The maximum atomic E-state index is 5.63. The Bertz CT molecular complexity index is 1240. The lowest BCUT2D eigenvalue weighted by Gasteiger charge is -2.26. The third kappa shape index (κ3) is 3.96. The molecule has 0 aliphatic carbocycles. The molecule has 0 radical (unpaired) electrons. The van der Waals surface area contributed by atoms with Crippen molar-refractivity contribution >= 4 is 6.08 Å². The minimum atomic E-state index is 0.316. The summed E-state index contributed by atoms with van der Waals surface area (Å²) in [6, 6.07) is 17.2. The van der Waals surface area contributed by atoms with Crippen molar-refractivity contribution in [3.63, 3.8) is 0 Å². The first-order valence-corrected chi connectivity index (χ1v) is 11.1. The summed E-state index contributed by atoms with van der Waals surface area (Å²) < 4.78 is 9.95.